The molecule has 0 aliphatic carbocycles. The maximum absolute atomic E-state index is 6.12. The molecule has 0 unspecified atom stereocenters. The second-order valence-corrected chi connectivity index (χ2v) is 4.48. The van der Waals surface area contributed by atoms with Gasteiger partial charge >= 0.3 is 0 Å². The summed E-state index contributed by atoms with van der Waals surface area (Å²) in [4.78, 5) is 0. The van der Waals surface area contributed by atoms with E-state index >= 15 is 0 Å². The SMILES string of the molecule is COc1ccc(COc2c(Cl)cccc2CN)cc1. The third-order valence-corrected chi connectivity index (χ3v) is 3.11. The van der Waals surface area contributed by atoms with Gasteiger partial charge in [-0.1, -0.05) is 35.9 Å². The van der Waals surface area contributed by atoms with Gasteiger partial charge in [-0.25, -0.2) is 0 Å². The van der Waals surface area contributed by atoms with Gasteiger partial charge in [-0.3, -0.25) is 0 Å². The molecule has 0 fully saturated rings. The van der Waals surface area contributed by atoms with Gasteiger partial charge in [-0.15, -0.1) is 0 Å². The first-order valence-corrected chi connectivity index (χ1v) is 6.35. The van der Waals surface area contributed by atoms with Crippen molar-refractivity contribution in [2.45, 2.75) is 13.2 Å². The molecule has 0 heterocycles. The molecule has 2 aromatic rings. The van der Waals surface area contributed by atoms with Crippen LogP contribution in [0.4, 0.5) is 0 Å². The van der Waals surface area contributed by atoms with Crippen LogP contribution in [-0.2, 0) is 13.2 Å². The lowest BCUT2D eigenvalue weighted by molar-refractivity contribution is 0.303. The van der Waals surface area contributed by atoms with E-state index in [0.29, 0.717) is 23.9 Å². The third-order valence-electron chi connectivity index (χ3n) is 2.81. The molecule has 4 heteroatoms. The minimum atomic E-state index is 0.401. The highest BCUT2D eigenvalue weighted by atomic mass is 35.5. The maximum Gasteiger partial charge on any atom is 0.142 e. The predicted molar refractivity (Wildman–Crippen MR) is 76.7 cm³/mol. The van der Waals surface area contributed by atoms with E-state index in [1.165, 1.54) is 0 Å². The minimum Gasteiger partial charge on any atom is -0.497 e. The van der Waals surface area contributed by atoms with E-state index in [4.69, 9.17) is 26.8 Å². The van der Waals surface area contributed by atoms with Crippen LogP contribution in [0.3, 0.4) is 0 Å². The zero-order chi connectivity index (χ0) is 13.7. The van der Waals surface area contributed by atoms with Crippen LogP contribution in [0.25, 0.3) is 0 Å². The average molecular weight is 278 g/mol. The molecule has 2 rings (SSSR count). The Balaban J connectivity index is 2.09. The van der Waals surface area contributed by atoms with Crippen molar-refractivity contribution in [3.63, 3.8) is 0 Å². The van der Waals surface area contributed by atoms with Gasteiger partial charge in [-0.05, 0) is 23.8 Å². The van der Waals surface area contributed by atoms with E-state index in [9.17, 15) is 0 Å². The molecule has 0 saturated heterocycles. The number of nitrogens with two attached hydrogens (primary N) is 1. The van der Waals surface area contributed by atoms with E-state index in [0.717, 1.165) is 16.9 Å². The molecular weight excluding hydrogens is 262 g/mol. The number of hydrogen-bond acceptors (Lipinski definition) is 3. The van der Waals surface area contributed by atoms with Gasteiger partial charge in [0.25, 0.3) is 0 Å². The van der Waals surface area contributed by atoms with Gasteiger partial charge in [0.05, 0.1) is 12.1 Å². The number of methoxy groups -OCH3 is 1. The first kappa shape index (κ1) is 13.7. The zero-order valence-electron chi connectivity index (χ0n) is 10.7. The van der Waals surface area contributed by atoms with Crippen molar-refractivity contribution < 1.29 is 9.47 Å². The molecule has 0 spiro atoms. The first-order chi connectivity index (χ1) is 9.24. The van der Waals surface area contributed by atoms with Crippen molar-refractivity contribution in [1.29, 1.82) is 0 Å². The molecule has 0 aliphatic heterocycles. The molecule has 0 amide bonds. The highest BCUT2D eigenvalue weighted by Crippen LogP contribution is 2.29. The van der Waals surface area contributed by atoms with E-state index in [1.807, 2.05) is 36.4 Å². The topological polar surface area (TPSA) is 44.5 Å². The van der Waals surface area contributed by atoms with Crippen LogP contribution in [0.15, 0.2) is 42.5 Å². The maximum atomic E-state index is 6.12. The summed E-state index contributed by atoms with van der Waals surface area (Å²) in [6, 6.07) is 13.3. The van der Waals surface area contributed by atoms with Crippen LogP contribution >= 0.6 is 11.6 Å². The van der Waals surface area contributed by atoms with Crippen LogP contribution in [-0.4, -0.2) is 7.11 Å². The van der Waals surface area contributed by atoms with Crippen molar-refractivity contribution in [3.8, 4) is 11.5 Å². The summed E-state index contributed by atoms with van der Waals surface area (Å²) >= 11 is 6.12. The Morgan fingerprint density at radius 3 is 2.47 bits per heavy atom. The van der Waals surface area contributed by atoms with Crippen molar-refractivity contribution in [3.05, 3.63) is 58.6 Å². The van der Waals surface area contributed by atoms with E-state index < -0.39 is 0 Å². The molecule has 0 aromatic heterocycles. The van der Waals surface area contributed by atoms with Crippen molar-refractivity contribution in [1.82, 2.24) is 0 Å². The van der Waals surface area contributed by atoms with Crippen LogP contribution in [0.2, 0.25) is 5.02 Å². The fourth-order valence-corrected chi connectivity index (χ4v) is 2.00. The summed E-state index contributed by atoms with van der Waals surface area (Å²) in [6.07, 6.45) is 0. The summed E-state index contributed by atoms with van der Waals surface area (Å²) in [5.41, 5.74) is 7.62. The molecule has 19 heavy (non-hydrogen) atoms. The summed E-state index contributed by atoms with van der Waals surface area (Å²) in [5.74, 6) is 1.48. The van der Waals surface area contributed by atoms with Gasteiger partial charge in [0.2, 0.25) is 0 Å². The van der Waals surface area contributed by atoms with Crippen LogP contribution in [0.1, 0.15) is 11.1 Å². The largest absolute Gasteiger partial charge is 0.497 e. The fourth-order valence-electron chi connectivity index (χ4n) is 1.75. The number of ether oxygens (including phenoxy) is 2. The Morgan fingerprint density at radius 2 is 1.84 bits per heavy atom. The molecule has 2 N–H and O–H groups in total. The first-order valence-electron chi connectivity index (χ1n) is 5.97. The predicted octanol–water partition coefficient (Wildman–Crippen LogP) is 3.39. The molecular formula is C15H16ClNO2. The average Bonchev–Trinajstić information content (AvgIpc) is 2.46. The second-order valence-electron chi connectivity index (χ2n) is 4.07. The molecule has 100 valence electrons. The second kappa shape index (κ2) is 6.45. The third kappa shape index (κ3) is 3.40. The lowest BCUT2D eigenvalue weighted by atomic mass is 10.2. The summed E-state index contributed by atoms with van der Waals surface area (Å²) < 4.78 is 10.9. The van der Waals surface area contributed by atoms with Crippen LogP contribution < -0.4 is 15.2 Å². The van der Waals surface area contributed by atoms with Crippen molar-refractivity contribution in [2.75, 3.05) is 7.11 Å². The minimum absolute atomic E-state index is 0.401. The number of halogens is 1. The Morgan fingerprint density at radius 1 is 1.11 bits per heavy atom. The Hall–Kier alpha value is -1.71. The molecule has 0 aliphatic rings. The van der Waals surface area contributed by atoms with Gasteiger partial charge in [-0.2, -0.15) is 0 Å². The van der Waals surface area contributed by atoms with E-state index in [1.54, 1.807) is 13.2 Å². The zero-order valence-corrected chi connectivity index (χ0v) is 11.5. The number of hydrogen-bond donors (Lipinski definition) is 1. The molecule has 3 nitrogen and oxygen atoms in total. The lowest BCUT2D eigenvalue weighted by Gasteiger charge is -2.12. The Kier molecular flexibility index (Phi) is 4.66. The monoisotopic (exact) mass is 277 g/mol. The standard InChI is InChI=1S/C15H16ClNO2/c1-18-13-7-5-11(6-8-13)10-19-15-12(9-17)3-2-4-14(15)16/h2-8H,9-10,17H2,1H3. The summed E-state index contributed by atoms with van der Waals surface area (Å²) in [6.45, 7) is 0.846. The van der Waals surface area contributed by atoms with Crippen LogP contribution in [0.5, 0.6) is 11.5 Å². The Labute approximate surface area is 117 Å². The molecule has 0 atom stereocenters. The van der Waals surface area contributed by atoms with Gasteiger partial charge in [0.1, 0.15) is 18.1 Å². The fraction of sp³-hybridized carbons (Fsp3) is 0.200. The molecule has 0 bridgehead atoms. The van der Waals surface area contributed by atoms with Crippen molar-refractivity contribution >= 4 is 11.6 Å². The summed E-state index contributed by atoms with van der Waals surface area (Å²) in [5, 5.41) is 0.580. The summed E-state index contributed by atoms with van der Waals surface area (Å²) in [7, 11) is 1.64. The quantitative estimate of drug-likeness (QED) is 0.911. The van der Waals surface area contributed by atoms with Gasteiger partial charge < -0.3 is 15.2 Å². The highest BCUT2D eigenvalue weighted by molar-refractivity contribution is 6.32. The van der Waals surface area contributed by atoms with Crippen molar-refractivity contribution in [2.24, 2.45) is 5.73 Å². The van der Waals surface area contributed by atoms with E-state index in [-0.39, 0.29) is 0 Å². The normalized spacial score (nSPS) is 10.3. The van der Waals surface area contributed by atoms with E-state index in [2.05, 4.69) is 0 Å². The Bertz CT molecular complexity index is 540. The number of benzene rings is 2. The van der Waals surface area contributed by atoms with Crippen LogP contribution in [0, 0.1) is 0 Å². The molecule has 2 aromatic carbocycles. The lowest BCUT2D eigenvalue weighted by Crippen LogP contribution is -2.03. The number of rotatable bonds is 5. The number of para-hydroxylation sites is 1. The van der Waals surface area contributed by atoms with Gasteiger partial charge in [0, 0.05) is 12.1 Å². The molecule has 0 radical (unpaired) electrons. The smallest absolute Gasteiger partial charge is 0.142 e. The van der Waals surface area contributed by atoms with Gasteiger partial charge in [0.15, 0.2) is 0 Å². The molecule has 0 saturated carbocycles. The highest BCUT2D eigenvalue weighted by Gasteiger charge is 2.07.